The van der Waals surface area contributed by atoms with Gasteiger partial charge >= 0.3 is 0 Å². The third-order valence-corrected chi connectivity index (χ3v) is 3.19. The Kier molecular flexibility index (Phi) is 4.30. The lowest BCUT2D eigenvalue weighted by Gasteiger charge is -2.43. The lowest BCUT2D eigenvalue weighted by molar-refractivity contribution is -0.254. The quantitative estimate of drug-likeness (QED) is 0.387. The molecule has 1 aliphatic heterocycles. The van der Waals surface area contributed by atoms with E-state index in [2.05, 4.69) is 15.2 Å². The highest BCUT2D eigenvalue weighted by Gasteiger charge is 2.46. The van der Waals surface area contributed by atoms with E-state index in [4.69, 9.17) is 9.84 Å². The summed E-state index contributed by atoms with van der Waals surface area (Å²) in [5, 5.41) is 44.2. The van der Waals surface area contributed by atoms with Crippen LogP contribution in [0.5, 0.6) is 0 Å². The van der Waals surface area contributed by atoms with E-state index in [0.29, 0.717) is 0 Å². The number of ether oxygens (including phenoxy) is 1. The van der Waals surface area contributed by atoms with Crippen molar-refractivity contribution in [2.45, 2.75) is 30.6 Å². The molecule has 1 aromatic rings. The van der Waals surface area contributed by atoms with Crippen LogP contribution in [0.1, 0.15) is 10.6 Å². The van der Waals surface area contributed by atoms with E-state index in [-0.39, 0.29) is 5.82 Å². The van der Waals surface area contributed by atoms with Gasteiger partial charge in [-0.15, -0.1) is 0 Å². The van der Waals surface area contributed by atoms with E-state index in [0.717, 1.165) is 11.2 Å². The molecule has 1 fully saturated rings. The van der Waals surface area contributed by atoms with Gasteiger partial charge in [-0.3, -0.25) is 9.89 Å². The van der Waals surface area contributed by atoms with Crippen molar-refractivity contribution < 1.29 is 30.0 Å². The van der Waals surface area contributed by atoms with Crippen molar-refractivity contribution in [2.24, 2.45) is 0 Å². The van der Waals surface area contributed by atoms with Crippen LogP contribution in [0.2, 0.25) is 0 Å². The van der Waals surface area contributed by atoms with Crippen LogP contribution in [-0.2, 0) is 4.74 Å². The van der Waals surface area contributed by atoms with Gasteiger partial charge in [0.2, 0.25) is 5.82 Å². The maximum Gasteiger partial charge on any atom is 0.293 e. The van der Waals surface area contributed by atoms with Gasteiger partial charge in [-0.1, -0.05) is 0 Å². The SMILES string of the molecule is CN(C(=O)c1ncn[nH]1)[C@H]1O[C@@H](CO)[C@@H](O)[C@@H](O)[C@H]1O. The van der Waals surface area contributed by atoms with Gasteiger partial charge in [-0.2, -0.15) is 5.10 Å². The van der Waals surface area contributed by atoms with Crippen LogP contribution in [0.15, 0.2) is 6.33 Å². The first-order valence-electron chi connectivity index (χ1n) is 5.90. The second-order valence-electron chi connectivity index (χ2n) is 4.47. The lowest BCUT2D eigenvalue weighted by Crippen LogP contribution is -2.63. The van der Waals surface area contributed by atoms with E-state index in [1.54, 1.807) is 0 Å². The highest BCUT2D eigenvalue weighted by molar-refractivity contribution is 5.90. The molecule has 5 atom stereocenters. The minimum Gasteiger partial charge on any atom is -0.394 e. The zero-order valence-electron chi connectivity index (χ0n) is 10.6. The molecule has 1 aliphatic rings. The molecule has 0 bridgehead atoms. The van der Waals surface area contributed by atoms with Crippen LogP contribution in [-0.4, -0.2) is 90.7 Å². The average molecular weight is 288 g/mol. The topological polar surface area (TPSA) is 152 Å². The summed E-state index contributed by atoms with van der Waals surface area (Å²) in [5.41, 5.74) is 0. The van der Waals surface area contributed by atoms with Crippen molar-refractivity contribution in [3.63, 3.8) is 0 Å². The molecular weight excluding hydrogens is 272 g/mol. The Labute approximate surface area is 113 Å². The van der Waals surface area contributed by atoms with Crippen molar-refractivity contribution in [3.05, 3.63) is 12.2 Å². The monoisotopic (exact) mass is 288 g/mol. The molecule has 0 aromatic carbocycles. The maximum atomic E-state index is 12.0. The molecular formula is C10H16N4O6. The van der Waals surface area contributed by atoms with Crippen molar-refractivity contribution in [1.29, 1.82) is 0 Å². The molecule has 0 unspecified atom stereocenters. The van der Waals surface area contributed by atoms with E-state index in [1.165, 1.54) is 7.05 Å². The summed E-state index contributed by atoms with van der Waals surface area (Å²) in [7, 11) is 1.33. The van der Waals surface area contributed by atoms with Gasteiger partial charge in [0.25, 0.3) is 5.91 Å². The maximum absolute atomic E-state index is 12.0. The van der Waals surface area contributed by atoms with Gasteiger partial charge in [0.05, 0.1) is 6.61 Å². The summed E-state index contributed by atoms with van der Waals surface area (Å²) in [6.07, 6.45) is -5.71. The normalized spacial score (nSPS) is 34.0. The van der Waals surface area contributed by atoms with Crippen molar-refractivity contribution in [3.8, 4) is 0 Å². The number of amides is 1. The van der Waals surface area contributed by atoms with Gasteiger partial charge in [0, 0.05) is 7.05 Å². The minimum absolute atomic E-state index is 0.0653. The van der Waals surface area contributed by atoms with Crippen LogP contribution >= 0.6 is 0 Å². The number of H-pyrrole nitrogens is 1. The molecule has 112 valence electrons. The number of likely N-dealkylation sites (N-methyl/N-ethyl adjacent to an activating group) is 1. The first kappa shape index (κ1) is 14.8. The summed E-state index contributed by atoms with van der Waals surface area (Å²) in [5.74, 6) is -0.684. The molecule has 1 saturated heterocycles. The van der Waals surface area contributed by atoms with E-state index < -0.39 is 43.2 Å². The predicted octanol–water partition coefficient (Wildman–Crippen LogP) is -3.32. The second kappa shape index (κ2) is 5.81. The summed E-state index contributed by atoms with van der Waals surface area (Å²) in [6, 6.07) is 0. The molecule has 0 radical (unpaired) electrons. The number of hydrogen-bond acceptors (Lipinski definition) is 8. The molecule has 2 rings (SSSR count). The number of hydrogen-bond donors (Lipinski definition) is 5. The molecule has 10 heteroatoms. The van der Waals surface area contributed by atoms with Gasteiger partial charge in [0.1, 0.15) is 30.7 Å². The summed E-state index contributed by atoms with van der Waals surface area (Å²) in [6.45, 7) is -0.564. The largest absolute Gasteiger partial charge is 0.394 e. The predicted molar refractivity (Wildman–Crippen MR) is 62.2 cm³/mol. The number of rotatable bonds is 3. The highest BCUT2D eigenvalue weighted by atomic mass is 16.6. The minimum atomic E-state index is -1.55. The summed E-state index contributed by atoms with van der Waals surface area (Å²) < 4.78 is 5.24. The molecule has 2 heterocycles. The second-order valence-corrected chi connectivity index (χ2v) is 4.47. The number of nitrogens with one attached hydrogen (secondary N) is 1. The Morgan fingerprint density at radius 3 is 2.65 bits per heavy atom. The van der Waals surface area contributed by atoms with Crippen molar-refractivity contribution in [1.82, 2.24) is 20.1 Å². The van der Waals surface area contributed by atoms with Gasteiger partial charge < -0.3 is 30.1 Å². The van der Waals surface area contributed by atoms with Crippen LogP contribution in [0.3, 0.4) is 0 Å². The first-order valence-corrected chi connectivity index (χ1v) is 5.90. The van der Waals surface area contributed by atoms with Crippen LogP contribution < -0.4 is 0 Å². The fraction of sp³-hybridized carbons (Fsp3) is 0.700. The van der Waals surface area contributed by atoms with Gasteiger partial charge in [0.15, 0.2) is 6.23 Å². The Hall–Kier alpha value is -1.59. The number of carbonyl (C=O) groups excluding carboxylic acids is 1. The lowest BCUT2D eigenvalue weighted by atomic mass is 9.98. The molecule has 5 N–H and O–H groups in total. The zero-order chi connectivity index (χ0) is 14.9. The summed E-state index contributed by atoms with van der Waals surface area (Å²) in [4.78, 5) is 16.7. The Morgan fingerprint density at radius 2 is 2.10 bits per heavy atom. The third kappa shape index (κ3) is 2.51. The van der Waals surface area contributed by atoms with Gasteiger partial charge in [-0.25, -0.2) is 4.98 Å². The molecule has 1 amide bonds. The molecule has 10 nitrogen and oxygen atoms in total. The Balaban J connectivity index is 2.16. The standard InChI is InChI=1S/C10H16N4O6/c1-14(9(19)8-11-3-12-13-8)10-7(18)6(17)5(16)4(2-15)20-10/h3-7,10,15-18H,2H2,1H3,(H,11,12,13)/t4-,5+,6+,7+,10-/m0/s1. The fourth-order valence-electron chi connectivity index (χ4n) is 1.99. The average Bonchev–Trinajstić information content (AvgIpc) is 2.98. The molecule has 20 heavy (non-hydrogen) atoms. The van der Waals surface area contributed by atoms with Gasteiger partial charge in [-0.05, 0) is 0 Å². The Bertz CT molecular complexity index is 453. The molecule has 0 spiro atoms. The zero-order valence-corrected chi connectivity index (χ0v) is 10.6. The van der Waals surface area contributed by atoms with Crippen LogP contribution in [0.25, 0.3) is 0 Å². The third-order valence-electron chi connectivity index (χ3n) is 3.19. The van der Waals surface area contributed by atoms with Crippen LogP contribution in [0, 0.1) is 0 Å². The Morgan fingerprint density at radius 1 is 1.40 bits per heavy atom. The number of aromatic amines is 1. The number of carbonyl (C=O) groups is 1. The molecule has 1 aromatic heterocycles. The van der Waals surface area contributed by atoms with Crippen molar-refractivity contribution >= 4 is 5.91 Å². The summed E-state index contributed by atoms with van der Waals surface area (Å²) >= 11 is 0. The first-order chi connectivity index (χ1) is 9.47. The fourth-order valence-corrected chi connectivity index (χ4v) is 1.99. The van der Waals surface area contributed by atoms with E-state index >= 15 is 0 Å². The number of aliphatic hydroxyl groups is 4. The smallest absolute Gasteiger partial charge is 0.293 e. The highest BCUT2D eigenvalue weighted by Crippen LogP contribution is 2.23. The number of aliphatic hydroxyl groups excluding tert-OH is 4. The van der Waals surface area contributed by atoms with Crippen LogP contribution in [0.4, 0.5) is 0 Å². The molecule has 0 saturated carbocycles. The molecule has 0 aliphatic carbocycles. The number of aromatic nitrogens is 3. The van der Waals surface area contributed by atoms with Crippen molar-refractivity contribution in [2.75, 3.05) is 13.7 Å². The van der Waals surface area contributed by atoms with E-state index in [9.17, 15) is 20.1 Å². The van der Waals surface area contributed by atoms with E-state index in [1.807, 2.05) is 0 Å². The number of nitrogens with zero attached hydrogens (tertiary/aromatic N) is 3.